The Balaban J connectivity index is 1.76. The van der Waals surface area contributed by atoms with Crippen LogP contribution in [0.2, 0.25) is 0 Å². The molecule has 1 N–H and O–H groups in total. The Hall–Kier alpha value is -0.870. The van der Waals surface area contributed by atoms with Crippen LogP contribution in [0.4, 0.5) is 0 Å². The molecule has 0 saturated carbocycles. The lowest BCUT2D eigenvalue weighted by Crippen LogP contribution is -2.29. The maximum atomic E-state index is 5.48. The van der Waals surface area contributed by atoms with Crippen LogP contribution in [0.25, 0.3) is 0 Å². The van der Waals surface area contributed by atoms with Crippen LogP contribution in [0.15, 0.2) is 6.20 Å². The molecule has 17 heavy (non-hydrogen) atoms. The Kier molecular flexibility index (Phi) is 4.57. The SMILES string of the molecule is CCc1nn(C)cc1CNCC1CCCOC1. The summed E-state index contributed by atoms with van der Waals surface area (Å²) in [7, 11) is 1.98. The Morgan fingerprint density at radius 1 is 1.59 bits per heavy atom. The zero-order valence-corrected chi connectivity index (χ0v) is 10.9. The van der Waals surface area contributed by atoms with Gasteiger partial charge in [-0.2, -0.15) is 5.10 Å². The minimum Gasteiger partial charge on any atom is -0.381 e. The number of hydrogen-bond acceptors (Lipinski definition) is 3. The van der Waals surface area contributed by atoms with Gasteiger partial charge in [0, 0.05) is 38.5 Å². The molecular formula is C13H23N3O. The largest absolute Gasteiger partial charge is 0.381 e. The Morgan fingerprint density at radius 2 is 2.47 bits per heavy atom. The van der Waals surface area contributed by atoms with Gasteiger partial charge in [0.15, 0.2) is 0 Å². The molecule has 1 aromatic heterocycles. The first-order valence-corrected chi connectivity index (χ1v) is 6.59. The van der Waals surface area contributed by atoms with Crippen molar-refractivity contribution in [3.05, 3.63) is 17.5 Å². The van der Waals surface area contributed by atoms with Crippen molar-refractivity contribution in [3.8, 4) is 0 Å². The van der Waals surface area contributed by atoms with Gasteiger partial charge in [-0.1, -0.05) is 6.92 Å². The number of aromatic nitrogens is 2. The van der Waals surface area contributed by atoms with Crippen LogP contribution in [-0.4, -0.2) is 29.5 Å². The second-order valence-corrected chi connectivity index (χ2v) is 4.84. The summed E-state index contributed by atoms with van der Waals surface area (Å²) in [6.45, 7) is 5.99. The van der Waals surface area contributed by atoms with Gasteiger partial charge in [0.25, 0.3) is 0 Å². The molecule has 0 aromatic carbocycles. The standard InChI is InChI=1S/C13H23N3O/c1-3-13-12(9-16(2)15-13)8-14-7-11-5-4-6-17-10-11/h9,11,14H,3-8,10H2,1-2H3. The van der Waals surface area contributed by atoms with E-state index in [9.17, 15) is 0 Å². The van der Waals surface area contributed by atoms with E-state index in [0.717, 1.165) is 32.7 Å². The lowest BCUT2D eigenvalue weighted by molar-refractivity contribution is 0.0547. The molecule has 0 aliphatic carbocycles. The molecule has 1 fully saturated rings. The molecule has 0 radical (unpaired) electrons. The third-order valence-corrected chi connectivity index (χ3v) is 3.33. The molecule has 4 heteroatoms. The monoisotopic (exact) mass is 237 g/mol. The van der Waals surface area contributed by atoms with Crippen LogP contribution in [-0.2, 0) is 24.8 Å². The maximum absolute atomic E-state index is 5.48. The minimum absolute atomic E-state index is 0.686. The van der Waals surface area contributed by atoms with E-state index < -0.39 is 0 Å². The van der Waals surface area contributed by atoms with Gasteiger partial charge in [0.2, 0.25) is 0 Å². The molecule has 1 aliphatic rings. The molecule has 1 atom stereocenters. The predicted octanol–water partition coefficient (Wildman–Crippen LogP) is 1.50. The van der Waals surface area contributed by atoms with Crippen LogP contribution in [0.3, 0.4) is 0 Å². The van der Waals surface area contributed by atoms with Gasteiger partial charge in [-0.25, -0.2) is 0 Å². The van der Waals surface area contributed by atoms with Gasteiger partial charge >= 0.3 is 0 Å². The lowest BCUT2D eigenvalue weighted by atomic mass is 10.0. The second kappa shape index (κ2) is 6.17. The molecule has 1 saturated heterocycles. The van der Waals surface area contributed by atoms with Crippen molar-refractivity contribution in [1.82, 2.24) is 15.1 Å². The highest BCUT2D eigenvalue weighted by atomic mass is 16.5. The highest BCUT2D eigenvalue weighted by molar-refractivity contribution is 5.16. The van der Waals surface area contributed by atoms with E-state index in [-0.39, 0.29) is 0 Å². The fraction of sp³-hybridized carbons (Fsp3) is 0.769. The summed E-state index contributed by atoms with van der Waals surface area (Å²) >= 11 is 0. The summed E-state index contributed by atoms with van der Waals surface area (Å²) in [5.74, 6) is 0.686. The van der Waals surface area contributed by atoms with Crippen LogP contribution in [0.5, 0.6) is 0 Å². The first-order chi connectivity index (χ1) is 8.29. The lowest BCUT2D eigenvalue weighted by Gasteiger charge is -2.22. The minimum atomic E-state index is 0.686. The molecular weight excluding hydrogens is 214 g/mol. The van der Waals surface area contributed by atoms with Gasteiger partial charge in [-0.15, -0.1) is 0 Å². The summed E-state index contributed by atoms with van der Waals surface area (Å²) in [5, 5.41) is 7.97. The Morgan fingerprint density at radius 3 is 3.18 bits per heavy atom. The highest BCUT2D eigenvalue weighted by Gasteiger charge is 2.13. The molecule has 2 heterocycles. The van der Waals surface area contributed by atoms with Crippen molar-refractivity contribution >= 4 is 0 Å². The summed E-state index contributed by atoms with van der Waals surface area (Å²) in [5.41, 5.74) is 2.53. The van der Waals surface area contributed by atoms with Crippen molar-refractivity contribution < 1.29 is 4.74 Å². The van der Waals surface area contributed by atoms with Gasteiger partial charge in [0.05, 0.1) is 12.3 Å². The van der Waals surface area contributed by atoms with E-state index in [1.807, 2.05) is 11.7 Å². The van der Waals surface area contributed by atoms with Gasteiger partial charge in [-0.05, 0) is 25.2 Å². The zero-order valence-electron chi connectivity index (χ0n) is 10.9. The van der Waals surface area contributed by atoms with E-state index in [4.69, 9.17) is 4.74 Å². The number of nitrogens with one attached hydrogen (secondary N) is 1. The predicted molar refractivity (Wildman–Crippen MR) is 67.8 cm³/mol. The first-order valence-electron chi connectivity index (χ1n) is 6.59. The van der Waals surface area contributed by atoms with Crippen molar-refractivity contribution in [3.63, 3.8) is 0 Å². The second-order valence-electron chi connectivity index (χ2n) is 4.84. The molecule has 96 valence electrons. The van der Waals surface area contributed by atoms with E-state index in [1.165, 1.54) is 24.1 Å². The summed E-state index contributed by atoms with van der Waals surface area (Å²) in [6, 6.07) is 0. The van der Waals surface area contributed by atoms with E-state index >= 15 is 0 Å². The molecule has 1 aliphatic heterocycles. The number of hydrogen-bond donors (Lipinski definition) is 1. The van der Waals surface area contributed by atoms with Crippen LogP contribution < -0.4 is 5.32 Å². The summed E-state index contributed by atoms with van der Waals surface area (Å²) in [6.07, 6.45) is 5.62. The highest BCUT2D eigenvalue weighted by Crippen LogP contribution is 2.13. The van der Waals surface area contributed by atoms with Crippen LogP contribution >= 0.6 is 0 Å². The number of rotatable bonds is 5. The quantitative estimate of drug-likeness (QED) is 0.843. The molecule has 2 rings (SSSR count). The normalized spacial score (nSPS) is 20.7. The van der Waals surface area contributed by atoms with Gasteiger partial charge in [0.1, 0.15) is 0 Å². The van der Waals surface area contributed by atoms with Crippen molar-refractivity contribution in [2.45, 2.75) is 32.7 Å². The first kappa shape index (κ1) is 12.6. The average Bonchev–Trinajstić information content (AvgIpc) is 2.71. The summed E-state index contributed by atoms with van der Waals surface area (Å²) in [4.78, 5) is 0. The molecule has 0 amide bonds. The molecule has 0 bridgehead atoms. The number of ether oxygens (including phenoxy) is 1. The Labute approximate surface area is 103 Å². The van der Waals surface area contributed by atoms with Crippen molar-refractivity contribution in [2.24, 2.45) is 13.0 Å². The van der Waals surface area contributed by atoms with Crippen molar-refractivity contribution in [1.29, 1.82) is 0 Å². The smallest absolute Gasteiger partial charge is 0.0666 e. The number of nitrogens with zero attached hydrogens (tertiary/aromatic N) is 2. The van der Waals surface area contributed by atoms with E-state index in [2.05, 4.69) is 23.5 Å². The third kappa shape index (κ3) is 3.54. The van der Waals surface area contributed by atoms with Crippen LogP contribution in [0, 0.1) is 5.92 Å². The van der Waals surface area contributed by atoms with Gasteiger partial charge in [-0.3, -0.25) is 4.68 Å². The molecule has 1 unspecified atom stereocenters. The zero-order chi connectivity index (χ0) is 12.1. The van der Waals surface area contributed by atoms with E-state index in [1.54, 1.807) is 0 Å². The average molecular weight is 237 g/mol. The topological polar surface area (TPSA) is 39.1 Å². The van der Waals surface area contributed by atoms with E-state index in [0.29, 0.717) is 5.92 Å². The van der Waals surface area contributed by atoms with Gasteiger partial charge < -0.3 is 10.1 Å². The molecule has 1 aromatic rings. The summed E-state index contributed by atoms with van der Waals surface area (Å²) < 4.78 is 7.38. The Bertz CT molecular complexity index is 342. The molecule has 0 spiro atoms. The fourth-order valence-electron chi connectivity index (χ4n) is 2.41. The third-order valence-electron chi connectivity index (χ3n) is 3.33. The molecule has 4 nitrogen and oxygen atoms in total. The fourth-order valence-corrected chi connectivity index (χ4v) is 2.41. The number of aryl methyl sites for hydroxylation is 2. The van der Waals surface area contributed by atoms with Crippen molar-refractivity contribution in [2.75, 3.05) is 19.8 Å². The van der Waals surface area contributed by atoms with Crippen LogP contribution in [0.1, 0.15) is 31.0 Å². The maximum Gasteiger partial charge on any atom is 0.0666 e.